The number of aromatic nitrogens is 2. The molecule has 0 amide bonds. The first kappa shape index (κ1) is 14.5. The van der Waals surface area contributed by atoms with Crippen molar-refractivity contribution in [2.45, 2.75) is 52.5 Å². The number of hydrazine groups is 1. The first-order valence-corrected chi connectivity index (χ1v) is 7.37. The van der Waals surface area contributed by atoms with Crippen LogP contribution in [0.3, 0.4) is 0 Å². The van der Waals surface area contributed by atoms with Crippen LogP contribution in [0, 0.1) is 17.3 Å². The minimum absolute atomic E-state index is 0.181. The van der Waals surface area contributed by atoms with Gasteiger partial charge >= 0.3 is 0 Å². The van der Waals surface area contributed by atoms with Crippen molar-refractivity contribution >= 4 is 0 Å². The van der Waals surface area contributed by atoms with Crippen molar-refractivity contribution in [2.24, 2.45) is 30.1 Å². The Labute approximate surface area is 116 Å². The van der Waals surface area contributed by atoms with Gasteiger partial charge in [-0.1, -0.05) is 20.8 Å². The van der Waals surface area contributed by atoms with Gasteiger partial charge in [-0.05, 0) is 42.9 Å². The summed E-state index contributed by atoms with van der Waals surface area (Å²) in [5.41, 5.74) is 3.42. The zero-order valence-corrected chi connectivity index (χ0v) is 12.7. The highest BCUT2D eigenvalue weighted by atomic mass is 15.3. The number of nitrogens with two attached hydrogens (primary N) is 1. The van der Waals surface area contributed by atoms with E-state index in [0.29, 0.717) is 11.3 Å². The van der Waals surface area contributed by atoms with Crippen molar-refractivity contribution in [2.75, 3.05) is 0 Å². The lowest BCUT2D eigenvalue weighted by atomic mass is 9.68. The summed E-state index contributed by atoms with van der Waals surface area (Å²) in [5.74, 6) is 8.28. The molecule has 1 aliphatic carbocycles. The fourth-order valence-corrected chi connectivity index (χ4v) is 3.42. The molecule has 1 aromatic rings. The summed E-state index contributed by atoms with van der Waals surface area (Å²) in [7, 11) is 2.04. The third kappa shape index (κ3) is 3.18. The van der Waals surface area contributed by atoms with Crippen molar-refractivity contribution < 1.29 is 0 Å². The van der Waals surface area contributed by atoms with Crippen LogP contribution in [-0.2, 0) is 7.05 Å². The van der Waals surface area contributed by atoms with Crippen molar-refractivity contribution in [1.82, 2.24) is 15.0 Å². The maximum atomic E-state index is 5.78. The van der Waals surface area contributed by atoms with E-state index in [0.717, 1.165) is 11.7 Å². The third-order valence-electron chi connectivity index (χ3n) is 4.78. The molecule has 1 saturated carbocycles. The molecule has 19 heavy (non-hydrogen) atoms. The number of nitrogens with one attached hydrogen (secondary N) is 1. The Morgan fingerprint density at radius 3 is 2.37 bits per heavy atom. The summed E-state index contributed by atoms with van der Waals surface area (Å²) in [6, 6.07) is 0.181. The first-order valence-electron chi connectivity index (χ1n) is 7.37. The molecule has 0 bridgehead atoms. The van der Waals surface area contributed by atoms with Gasteiger partial charge < -0.3 is 4.57 Å². The molecule has 0 saturated heterocycles. The number of aryl methyl sites for hydroxylation is 1. The van der Waals surface area contributed by atoms with Crippen LogP contribution >= 0.6 is 0 Å². The summed E-state index contributed by atoms with van der Waals surface area (Å²) >= 11 is 0. The smallest absolute Gasteiger partial charge is 0.127 e. The van der Waals surface area contributed by atoms with Crippen LogP contribution in [0.2, 0.25) is 0 Å². The zero-order chi connectivity index (χ0) is 14.0. The van der Waals surface area contributed by atoms with Gasteiger partial charge in [0, 0.05) is 19.4 Å². The Morgan fingerprint density at radius 1 is 1.32 bits per heavy atom. The van der Waals surface area contributed by atoms with Gasteiger partial charge in [0.05, 0.1) is 6.04 Å². The Morgan fingerprint density at radius 2 is 1.95 bits per heavy atom. The molecule has 1 aromatic heterocycles. The Hall–Kier alpha value is -0.870. The second kappa shape index (κ2) is 5.63. The minimum Gasteiger partial charge on any atom is -0.337 e. The van der Waals surface area contributed by atoms with Gasteiger partial charge in [-0.2, -0.15) is 0 Å². The molecule has 0 aromatic carbocycles. The van der Waals surface area contributed by atoms with E-state index in [2.05, 4.69) is 35.7 Å². The van der Waals surface area contributed by atoms with Gasteiger partial charge in [-0.25, -0.2) is 10.4 Å². The van der Waals surface area contributed by atoms with Crippen LogP contribution in [0.5, 0.6) is 0 Å². The van der Waals surface area contributed by atoms with Crippen molar-refractivity contribution in [1.29, 1.82) is 0 Å². The maximum Gasteiger partial charge on any atom is 0.127 e. The van der Waals surface area contributed by atoms with Gasteiger partial charge in [-0.3, -0.25) is 5.84 Å². The molecule has 2 rings (SSSR count). The third-order valence-corrected chi connectivity index (χ3v) is 4.78. The monoisotopic (exact) mass is 264 g/mol. The van der Waals surface area contributed by atoms with Crippen LogP contribution in [0.1, 0.15) is 58.3 Å². The molecule has 3 N–H and O–H groups in total. The second-order valence-corrected chi connectivity index (χ2v) is 7.02. The van der Waals surface area contributed by atoms with E-state index in [-0.39, 0.29) is 6.04 Å². The molecule has 1 aliphatic rings. The fourth-order valence-electron chi connectivity index (χ4n) is 3.42. The lowest BCUT2D eigenvalue weighted by molar-refractivity contribution is 0.130. The highest BCUT2D eigenvalue weighted by Crippen LogP contribution is 2.42. The predicted octanol–water partition coefficient (Wildman–Crippen LogP) is 2.78. The molecule has 1 unspecified atom stereocenters. The van der Waals surface area contributed by atoms with E-state index < -0.39 is 0 Å². The molecule has 1 fully saturated rings. The van der Waals surface area contributed by atoms with Crippen LogP contribution < -0.4 is 11.3 Å². The van der Waals surface area contributed by atoms with E-state index in [9.17, 15) is 0 Å². The molecule has 1 atom stereocenters. The predicted molar refractivity (Wildman–Crippen MR) is 78.2 cm³/mol. The number of hydrogen-bond acceptors (Lipinski definition) is 3. The van der Waals surface area contributed by atoms with Crippen LogP contribution in [0.25, 0.3) is 0 Å². The molecule has 4 heteroatoms. The number of nitrogens with zero attached hydrogens (tertiary/aromatic N) is 2. The summed E-state index contributed by atoms with van der Waals surface area (Å²) in [4.78, 5) is 4.45. The van der Waals surface area contributed by atoms with E-state index in [1.165, 1.54) is 25.7 Å². The quantitative estimate of drug-likeness (QED) is 0.652. The van der Waals surface area contributed by atoms with Gasteiger partial charge in [0.25, 0.3) is 0 Å². The molecule has 4 nitrogen and oxygen atoms in total. The summed E-state index contributed by atoms with van der Waals surface area (Å²) in [6.07, 6.45) is 8.92. The molecular formula is C15H28N4. The Balaban J connectivity index is 2.02. The van der Waals surface area contributed by atoms with E-state index >= 15 is 0 Å². The summed E-state index contributed by atoms with van der Waals surface area (Å²) < 4.78 is 2.07. The van der Waals surface area contributed by atoms with Crippen LogP contribution in [-0.4, -0.2) is 9.55 Å². The van der Waals surface area contributed by atoms with Crippen LogP contribution in [0.15, 0.2) is 12.4 Å². The number of hydrogen-bond donors (Lipinski definition) is 2. The highest BCUT2D eigenvalue weighted by molar-refractivity contribution is 5.01. The Bertz CT molecular complexity index is 397. The average molecular weight is 264 g/mol. The van der Waals surface area contributed by atoms with Gasteiger partial charge in [0.2, 0.25) is 0 Å². The number of imidazole rings is 1. The average Bonchev–Trinajstić information content (AvgIpc) is 2.76. The van der Waals surface area contributed by atoms with Crippen LogP contribution in [0.4, 0.5) is 0 Å². The summed E-state index contributed by atoms with van der Waals surface area (Å²) in [5, 5.41) is 0. The van der Waals surface area contributed by atoms with Gasteiger partial charge in [-0.15, -0.1) is 0 Å². The van der Waals surface area contributed by atoms with Crippen molar-refractivity contribution in [3.63, 3.8) is 0 Å². The van der Waals surface area contributed by atoms with Crippen molar-refractivity contribution in [3.05, 3.63) is 18.2 Å². The Kier molecular flexibility index (Phi) is 4.31. The molecule has 0 radical (unpaired) electrons. The van der Waals surface area contributed by atoms with E-state index in [4.69, 9.17) is 5.84 Å². The topological polar surface area (TPSA) is 55.9 Å². The van der Waals surface area contributed by atoms with Crippen molar-refractivity contribution in [3.8, 4) is 0 Å². The minimum atomic E-state index is 0.181. The van der Waals surface area contributed by atoms with Gasteiger partial charge in [0.1, 0.15) is 5.82 Å². The molecular weight excluding hydrogens is 236 g/mol. The number of rotatable bonds is 3. The lowest BCUT2D eigenvalue weighted by Gasteiger charge is -2.39. The SMILES string of the molecule is Cn1ccnc1C(NN)C1CCC(C(C)(C)C)CC1. The molecule has 0 aliphatic heterocycles. The lowest BCUT2D eigenvalue weighted by Crippen LogP contribution is -2.38. The molecule has 1 heterocycles. The van der Waals surface area contributed by atoms with Gasteiger partial charge in [0.15, 0.2) is 0 Å². The highest BCUT2D eigenvalue weighted by Gasteiger charge is 2.34. The first-order chi connectivity index (χ1) is 8.93. The largest absolute Gasteiger partial charge is 0.337 e. The zero-order valence-electron chi connectivity index (χ0n) is 12.7. The van der Waals surface area contributed by atoms with E-state index in [1.54, 1.807) is 0 Å². The second-order valence-electron chi connectivity index (χ2n) is 7.02. The summed E-state index contributed by atoms with van der Waals surface area (Å²) in [6.45, 7) is 7.07. The maximum absolute atomic E-state index is 5.78. The normalized spacial score (nSPS) is 26.4. The molecule has 108 valence electrons. The fraction of sp³-hybridized carbons (Fsp3) is 0.800. The molecule has 0 spiro atoms. The standard InChI is InChI=1S/C15H28N4/c1-15(2,3)12-7-5-11(6-8-12)13(18-16)14-17-9-10-19(14)4/h9-13,18H,5-8,16H2,1-4H3. The van der Waals surface area contributed by atoms with E-state index in [1.807, 2.05) is 19.4 Å².